The summed E-state index contributed by atoms with van der Waals surface area (Å²) < 4.78 is 91.2. The van der Waals surface area contributed by atoms with Crippen molar-refractivity contribution in [2.45, 2.75) is 30.6 Å². The van der Waals surface area contributed by atoms with Crippen LogP contribution in [-0.2, 0) is 44.1 Å². The molecule has 0 aromatic heterocycles. The van der Waals surface area contributed by atoms with Gasteiger partial charge in [-0.3, -0.25) is 4.79 Å². The molecule has 0 bridgehead atoms. The summed E-state index contributed by atoms with van der Waals surface area (Å²) in [6, 6.07) is 10.1. The van der Waals surface area contributed by atoms with Gasteiger partial charge in [0.2, 0.25) is 26.0 Å². The molecular formula is C24H28F3N3O6S2. The van der Waals surface area contributed by atoms with E-state index in [0.717, 1.165) is 17.5 Å². The fraction of sp³-hybridized carbons (Fsp3) is 0.375. The molecular weight excluding hydrogens is 547 g/mol. The summed E-state index contributed by atoms with van der Waals surface area (Å²) in [6.45, 7) is 2.83. The fourth-order valence-corrected chi connectivity index (χ4v) is 6.08. The summed E-state index contributed by atoms with van der Waals surface area (Å²) in [4.78, 5) is 13.5. The molecule has 208 valence electrons. The van der Waals surface area contributed by atoms with Crippen molar-refractivity contribution in [2.24, 2.45) is 5.92 Å². The van der Waals surface area contributed by atoms with E-state index in [1.807, 2.05) is 0 Å². The molecule has 1 heterocycles. The molecule has 3 rings (SSSR count). The van der Waals surface area contributed by atoms with Crippen LogP contribution in [0.2, 0.25) is 0 Å². The van der Waals surface area contributed by atoms with E-state index in [2.05, 4.69) is 11.3 Å². The second-order valence-corrected chi connectivity index (χ2v) is 12.5. The second-order valence-electron chi connectivity index (χ2n) is 8.82. The van der Waals surface area contributed by atoms with Crippen LogP contribution in [-0.4, -0.2) is 63.3 Å². The van der Waals surface area contributed by atoms with Gasteiger partial charge in [-0.15, -0.1) is 0 Å². The van der Waals surface area contributed by atoms with Crippen molar-refractivity contribution in [2.75, 3.05) is 26.2 Å². The number of rotatable bonds is 11. The van der Waals surface area contributed by atoms with Crippen molar-refractivity contribution in [1.82, 2.24) is 13.9 Å². The van der Waals surface area contributed by atoms with Gasteiger partial charge >= 0.3 is 6.18 Å². The Hall–Kier alpha value is -2.78. The van der Waals surface area contributed by atoms with Crippen LogP contribution < -0.4 is 4.72 Å². The summed E-state index contributed by atoms with van der Waals surface area (Å²) in [5.74, 6) is -0.834. The van der Waals surface area contributed by atoms with Crippen LogP contribution in [0.5, 0.6) is 0 Å². The van der Waals surface area contributed by atoms with Crippen LogP contribution in [0.3, 0.4) is 0 Å². The van der Waals surface area contributed by atoms with Crippen molar-refractivity contribution < 1.29 is 39.9 Å². The molecule has 1 amide bonds. The van der Waals surface area contributed by atoms with Crippen LogP contribution in [0.15, 0.2) is 65.4 Å². The van der Waals surface area contributed by atoms with E-state index in [1.165, 1.54) is 45.6 Å². The predicted octanol–water partition coefficient (Wildman–Crippen LogP) is 2.30. The number of benzene rings is 2. The Morgan fingerprint density at radius 2 is 1.61 bits per heavy atom. The first-order valence-corrected chi connectivity index (χ1v) is 14.5. The molecule has 1 aliphatic rings. The first kappa shape index (κ1) is 29.8. The highest BCUT2D eigenvalue weighted by atomic mass is 32.2. The lowest BCUT2D eigenvalue weighted by Gasteiger charge is -2.23. The van der Waals surface area contributed by atoms with Gasteiger partial charge in [-0.2, -0.15) is 17.5 Å². The number of aliphatic hydroxyl groups excluding tert-OH is 1. The second kappa shape index (κ2) is 11.9. The zero-order chi connectivity index (χ0) is 28.1. The number of aliphatic hydroxyl groups is 1. The number of sulfonamides is 2. The topological polar surface area (TPSA) is 124 Å². The Kier molecular flexibility index (Phi) is 9.36. The first-order valence-electron chi connectivity index (χ1n) is 11.5. The quantitative estimate of drug-likeness (QED) is 0.424. The van der Waals surface area contributed by atoms with Crippen LogP contribution in [0.25, 0.3) is 0 Å². The molecule has 2 aromatic carbocycles. The molecule has 9 nitrogen and oxygen atoms in total. The van der Waals surface area contributed by atoms with Gasteiger partial charge in [0.15, 0.2) is 0 Å². The lowest BCUT2D eigenvalue weighted by molar-refractivity contribution is -0.138. The van der Waals surface area contributed by atoms with E-state index >= 15 is 0 Å². The molecule has 0 unspecified atom stereocenters. The number of alkyl halides is 3. The van der Waals surface area contributed by atoms with Crippen molar-refractivity contribution in [3.8, 4) is 0 Å². The number of carbonyl (C=O) groups excluding carboxylic acids is 1. The molecule has 1 aliphatic heterocycles. The molecule has 0 aliphatic carbocycles. The Morgan fingerprint density at radius 3 is 2.11 bits per heavy atom. The molecule has 0 spiro atoms. The largest absolute Gasteiger partial charge is 0.416 e. The molecule has 1 fully saturated rings. The Morgan fingerprint density at radius 1 is 1.05 bits per heavy atom. The number of halogens is 3. The van der Waals surface area contributed by atoms with E-state index in [0.29, 0.717) is 17.5 Å². The summed E-state index contributed by atoms with van der Waals surface area (Å²) in [6.07, 6.45) is -4.00. The minimum Gasteiger partial charge on any atom is -0.387 e. The summed E-state index contributed by atoms with van der Waals surface area (Å²) in [5.41, 5.74) is 0.161. The van der Waals surface area contributed by atoms with Crippen LogP contribution >= 0.6 is 0 Å². The number of hydrogen-bond acceptors (Lipinski definition) is 6. The zero-order valence-electron chi connectivity index (χ0n) is 20.3. The molecule has 0 saturated carbocycles. The highest BCUT2D eigenvalue weighted by Crippen LogP contribution is 2.29. The lowest BCUT2D eigenvalue weighted by Crippen LogP contribution is -2.33. The Balaban J connectivity index is 1.66. The molecule has 1 atom stereocenters. The van der Waals surface area contributed by atoms with E-state index in [9.17, 15) is 39.9 Å². The monoisotopic (exact) mass is 575 g/mol. The maximum atomic E-state index is 13.1. The normalized spacial score (nSPS) is 16.9. The minimum atomic E-state index is -4.49. The zero-order valence-corrected chi connectivity index (χ0v) is 21.9. The number of nitrogens with one attached hydrogen (secondary N) is 1. The standard InChI is InChI=1S/C24H28F3N3O6S2/c1-2-37(33,34)28-13-20-11-12-30(16-20)38(35,36)22-9-5-19(6-10-22)15-29(23(32)17-31)14-18-3-7-21(8-4-18)24(25,26)27/h2-10,20,28,31H,1,11-17H2/t20-/m1/s1. The number of hydrogen-bond donors (Lipinski definition) is 2. The average molecular weight is 576 g/mol. The minimum absolute atomic E-state index is 0.00399. The van der Waals surface area contributed by atoms with E-state index in [4.69, 9.17) is 0 Å². The lowest BCUT2D eigenvalue weighted by atomic mass is 10.1. The van der Waals surface area contributed by atoms with Gasteiger partial charge in [0, 0.05) is 38.1 Å². The molecule has 1 saturated heterocycles. The fourth-order valence-electron chi connectivity index (χ4n) is 3.96. The Bertz CT molecular complexity index is 1350. The number of nitrogens with zero attached hydrogens (tertiary/aromatic N) is 2. The third-order valence-electron chi connectivity index (χ3n) is 6.12. The van der Waals surface area contributed by atoms with Gasteiger partial charge in [-0.25, -0.2) is 21.6 Å². The number of carbonyl (C=O) groups is 1. The van der Waals surface area contributed by atoms with Crippen LogP contribution in [0, 0.1) is 5.92 Å². The predicted molar refractivity (Wildman–Crippen MR) is 133 cm³/mol. The highest BCUT2D eigenvalue weighted by Gasteiger charge is 2.33. The van der Waals surface area contributed by atoms with Gasteiger partial charge in [-0.05, 0) is 47.7 Å². The maximum absolute atomic E-state index is 13.1. The first-order chi connectivity index (χ1) is 17.7. The average Bonchev–Trinajstić information content (AvgIpc) is 3.37. The van der Waals surface area contributed by atoms with Crippen LogP contribution in [0.1, 0.15) is 23.1 Å². The van der Waals surface area contributed by atoms with Crippen molar-refractivity contribution in [3.05, 3.63) is 77.2 Å². The summed E-state index contributed by atoms with van der Waals surface area (Å²) >= 11 is 0. The summed E-state index contributed by atoms with van der Waals surface area (Å²) in [5, 5.41) is 10.1. The van der Waals surface area contributed by atoms with E-state index < -0.39 is 44.3 Å². The smallest absolute Gasteiger partial charge is 0.387 e. The van der Waals surface area contributed by atoms with Crippen molar-refractivity contribution in [3.63, 3.8) is 0 Å². The SMILES string of the molecule is C=CS(=O)(=O)NC[C@H]1CCN(S(=O)(=O)c2ccc(CN(Cc3ccc(C(F)(F)F)cc3)C(=O)CO)cc2)C1. The van der Waals surface area contributed by atoms with Gasteiger partial charge in [0.25, 0.3) is 0 Å². The third-order valence-corrected chi connectivity index (χ3v) is 9.01. The Labute approximate surface area is 219 Å². The maximum Gasteiger partial charge on any atom is 0.416 e. The molecule has 14 heteroatoms. The van der Waals surface area contributed by atoms with E-state index in [1.54, 1.807) is 0 Å². The molecule has 2 aromatic rings. The van der Waals surface area contributed by atoms with Gasteiger partial charge in [0.1, 0.15) is 6.61 Å². The van der Waals surface area contributed by atoms with Crippen molar-refractivity contribution in [1.29, 1.82) is 0 Å². The van der Waals surface area contributed by atoms with E-state index in [-0.39, 0.29) is 43.5 Å². The van der Waals surface area contributed by atoms with Gasteiger partial charge in [-0.1, -0.05) is 30.8 Å². The number of amides is 1. The van der Waals surface area contributed by atoms with Gasteiger partial charge < -0.3 is 10.0 Å². The molecule has 2 N–H and O–H groups in total. The van der Waals surface area contributed by atoms with Gasteiger partial charge in [0.05, 0.1) is 10.5 Å². The summed E-state index contributed by atoms with van der Waals surface area (Å²) in [7, 11) is -7.44. The highest BCUT2D eigenvalue weighted by molar-refractivity contribution is 7.92. The van der Waals surface area contributed by atoms with Crippen LogP contribution in [0.4, 0.5) is 13.2 Å². The molecule has 38 heavy (non-hydrogen) atoms. The van der Waals surface area contributed by atoms with Crippen molar-refractivity contribution >= 4 is 26.0 Å². The third kappa shape index (κ3) is 7.63. The molecule has 0 radical (unpaired) electrons.